The van der Waals surface area contributed by atoms with Crippen molar-refractivity contribution in [3.63, 3.8) is 0 Å². The van der Waals surface area contributed by atoms with Crippen LogP contribution in [0.2, 0.25) is 0 Å². The number of carbonyl (C=O) groups excluding carboxylic acids is 1. The quantitative estimate of drug-likeness (QED) is 0.709. The van der Waals surface area contributed by atoms with Crippen molar-refractivity contribution in [2.75, 3.05) is 19.9 Å². The van der Waals surface area contributed by atoms with Crippen molar-refractivity contribution < 1.29 is 14.3 Å². The van der Waals surface area contributed by atoms with Gasteiger partial charge in [0.1, 0.15) is 11.3 Å². The SMILES string of the molecule is Cn1c([C@H]2CCN(C(=O)c3ccc4c(c3)OCO4)C2)nc2cccnc21. The number of likely N-dealkylation sites (tertiary alicyclic amines) is 1. The molecule has 2 aliphatic heterocycles. The molecule has 0 bridgehead atoms. The van der Waals surface area contributed by atoms with E-state index in [2.05, 4.69) is 4.98 Å². The van der Waals surface area contributed by atoms with Crippen LogP contribution in [0.5, 0.6) is 11.5 Å². The molecule has 0 N–H and O–H groups in total. The lowest BCUT2D eigenvalue weighted by molar-refractivity contribution is 0.0790. The maximum Gasteiger partial charge on any atom is 0.254 e. The van der Waals surface area contributed by atoms with Gasteiger partial charge in [-0.15, -0.1) is 0 Å². The van der Waals surface area contributed by atoms with Crippen molar-refractivity contribution in [1.29, 1.82) is 0 Å². The van der Waals surface area contributed by atoms with Crippen molar-refractivity contribution >= 4 is 17.1 Å². The first-order valence-electron chi connectivity index (χ1n) is 8.67. The van der Waals surface area contributed by atoms with Gasteiger partial charge in [0.15, 0.2) is 17.1 Å². The Kier molecular flexibility index (Phi) is 3.34. The van der Waals surface area contributed by atoms with E-state index in [0.717, 1.165) is 23.4 Å². The minimum atomic E-state index is 0.0164. The number of aryl methyl sites for hydroxylation is 1. The predicted octanol–water partition coefficient (Wildman–Crippen LogP) is 2.33. The van der Waals surface area contributed by atoms with Gasteiger partial charge in [0.2, 0.25) is 6.79 Å². The second kappa shape index (κ2) is 5.72. The van der Waals surface area contributed by atoms with E-state index in [-0.39, 0.29) is 18.6 Å². The van der Waals surface area contributed by atoms with Gasteiger partial charge >= 0.3 is 0 Å². The van der Waals surface area contributed by atoms with Gasteiger partial charge < -0.3 is 18.9 Å². The third-order valence-corrected chi connectivity index (χ3v) is 5.12. The zero-order chi connectivity index (χ0) is 17.7. The number of rotatable bonds is 2. The van der Waals surface area contributed by atoms with Crippen LogP contribution in [0.25, 0.3) is 11.2 Å². The van der Waals surface area contributed by atoms with E-state index in [1.54, 1.807) is 24.4 Å². The smallest absolute Gasteiger partial charge is 0.254 e. The molecule has 4 heterocycles. The second-order valence-corrected chi connectivity index (χ2v) is 6.68. The Morgan fingerprint density at radius 2 is 2.12 bits per heavy atom. The minimum Gasteiger partial charge on any atom is -0.454 e. The van der Waals surface area contributed by atoms with E-state index < -0.39 is 0 Å². The minimum absolute atomic E-state index is 0.0164. The number of carbonyl (C=O) groups is 1. The summed E-state index contributed by atoms with van der Waals surface area (Å²) in [6, 6.07) is 9.21. The maximum atomic E-state index is 12.9. The summed E-state index contributed by atoms with van der Waals surface area (Å²) in [6.45, 7) is 1.58. The van der Waals surface area contributed by atoms with Crippen LogP contribution in [0, 0.1) is 0 Å². The largest absolute Gasteiger partial charge is 0.454 e. The van der Waals surface area contributed by atoms with Crippen LogP contribution in [0.1, 0.15) is 28.5 Å². The number of nitrogens with zero attached hydrogens (tertiary/aromatic N) is 4. The molecule has 2 aromatic heterocycles. The molecule has 7 heteroatoms. The van der Waals surface area contributed by atoms with Crippen LogP contribution in [-0.4, -0.2) is 45.2 Å². The van der Waals surface area contributed by atoms with Crippen LogP contribution in [0.4, 0.5) is 0 Å². The van der Waals surface area contributed by atoms with E-state index in [4.69, 9.17) is 14.5 Å². The summed E-state index contributed by atoms with van der Waals surface area (Å²) in [6.07, 6.45) is 2.67. The van der Waals surface area contributed by atoms with Crippen LogP contribution >= 0.6 is 0 Å². The zero-order valence-electron chi connectivity index (χ0n) is 14.4. The van der Waals surface area contributed by atoms with Crippen molar-refractivity contribution in [1.82, 2.24) is 19.4 Å². The van der Waals surface area contributed by atoms with Gasteiger partial charge in [-0.3, -0.25) is 4.79 Å². The van der Waals surface area contributed by atoms with E-state index in [9.17, 15) is 4.79 Å². The average Bonchev–Trinajstić information content (AvgIpc) is 3.39. The molecule has 0 radical (unpaired) electrons. The third kappa shape index (κ3) is 2.31. The fraction of sp³-hybridized carbons (Fsp3) is 0.316. The Morgan fingerprint density at radius 1 is 1.23 bits per heavy atom. The van der Waals surface area contributed by atoms with Gasteiger partial charge in [0, 0.05) is 37.8 Å². The van der Waals surface area contributed by atoms with Crippen molar-refractivity contribution in [2.24, 2.45) is 7.05 Å². The standard InChI is InChI=1S/C19H18N4O3/c1-22-17(21-14-3-2-7-20-18(14)22)13-6-8-23(10-13)19(24)12-4-5-15-16(9-12)26-11-25-15/h2-5,7,9,13H,6,8,10-11H2,1H3/t13-/m0/s1. The number of imidazole rings is 1. The molecule has 3 aromatic rings. The molecule has 5 rings (SSSR count). The number of amides is 1. The molecule has 0 unspecified atom stereocenters. The first-order chi connectivity index (χ1) is 12.7. The Bertz CT molecular complexity index is 1010. The molecule has 7 nitrogen and oxygen atoms in total. The summed E-state index contributed by atoms with van der Waals surface area (Å²) in [5, 5.41) is 0. The molecule has 0 saturated carbocycles. The normalized spacial score (nSPS) is 18.7. The van der Waals surface area contributed by atoms with Crippen LogP contribution in [-0.2, 0) is 7.05 Å². The number of fused-ring (bicyclic) bond motifs is 2. The molecular weight excluding hydrogens is 332 g/mol. The molecule has 1 aromatic carbocycles. The highest BCUT2D eigenvalue weighted by Crippen LogP contribution is 2.34. The summed E-state index contributed by atoms with van der Waals surface area (Å²) >= 11 is 0. The molecule has 0 aliphatic carbocycles. The fourth-order valence-electron chi connectivity index (χ4n) is 3.77. The van der Waals surface area contributed by atoms with Gasteiger partial charge in [-0.25, -0.2) is 9.97 Å². The Morgan fingerprint density at radius 3 is 3.00 bits per heavy atom. The Hall–Kier alpha value is -3.09. The van der Waals surface area contributed by atoms with Crippen LogP contribution in [0.15, 0.2) is 36.5 Å². The monoisotopic (exact) mass is 350 g/mol. The van der Waals surface area contributed by atoms with E-state index in [0.29, 0.717) is 30.2 Å². The van der Waals surface area contributed by atoms with Crippen molar-refractivity contribution in [2.45, 2.75) is 12.3 Å². The van der Waals surface area contributed by atoms with Gasteiger partial charge in [0.05, 0.1) is 0 Å². The molecule has 1 atom stereocenters. The second-order valence-electron chi connectivity index (χ2n) is 6.68. The number of benzene rings is 1. The molecule has 0 spiro atoms. The number of pyridine rings is 1. The number of aromatic nitrogens is 3. The average molecular weight is 350 g/mol. The molecule has 1 amide bonds. The first-order valence-corrected chi connectivity index (χ1v) is 8.67. The van der Waals surface area contributed by atoms with Gasteiger partial charge in [-0.2, -0.15) is 0 Å². The van der Waals surface area contributed by atoms with E-state index in [1.807, 2.05) is 28.6 Å². The first kappa shape index (κ1) is 15.2. The number of hydrogen-bond acceptors (Lipinski definition) is 5. The predicted molar refractivity (Wildman–Crippen MR) is 94.3 cm³/mol. The summed E-state index contributed by atoms with van der Waals surface area (Å²) in [4.78, 5) is 23.9. The summed E-state index contributed by atoms with van der Waals surface area (Å²) < 4.78 is 12.7. The highest BCUT2D eigenvalue weighted by molar-refractivity contribution is 5.95. The maximum absolute atomic E-state index is 12.9. The molecular formula is C19H18N4O3. The third-order valence-electron chi connectivity index (χ3n) is 5.12. The molecule has 2 aliphatic rings. The topological polar surface area (TPSA) is 69.5 Å². The number of ether oxygens (including phenoxy) is 2. The molecule has 26 heavy (non-hydrogen) atoms. The van der Waals surface area contributed by atoms with Gasteiger partial charge in [-0.05, 0) is 36.8 Å². The lowest BCUT2D eigenvalue weighted by atomic mass is 10.1. The Labute approximate surface area is 150 Å². The van der Waals surface area contributed by atoms with E-state index >= 15 is 0 Å². The van der Waals surface area contributed by atoms with Crippen LogP contribution < -0.4 is 9.47 Å². The lowest BCUT2D eigenvalue weighted by Gasteiger charge is -2.17. The van der Waals surface area contributed by atoms with Crippen molar-refractivity contribution in [3.8, 4) is 11.5 Å². The van der Waals surface area contributed by atoms with E-state index in [1.165, 1.54) is 0 Å². The highest BCUT2D eigenvalue weighted by Gasteiger charge is 2.31. The van der Waals surface area contributed by atoms with Crippen molar-refractivity contribution in [3.05, 3.63) is 47.9 Å². The highest BCUT2D eigenvalue weighted by atomic mass is 16.7. The summed E-state index contributed by atoms with van der Waals surface area (Å²) in [7, 11) is 1.99. The molecule has 132 valence electrons. The fourth-order valence-corrected chi connectivity index (χ4v) is 3.77. The summed E-state index contributed by atoms with van der Waals surface area (Å²) in [5.41, 5.74) is 2.40. The summed E-state index contributed by atoms with van der Waals surface area (Å²) in [5.74, 6) is 2.54. The van der Waals surface area contributed by atoms with Crippen LogP contribution in [0.3, 0.4) is 0 Å². The zero-order valence-corrected chi connectivity index (χ0v) is 14.4. The molecule has 1 fully saturated rings. The Balaban J connectivity index is 1.38. The number of hydrogen-bond donors (Lipinski definition) is 0. The van der Waals surface area contributed by atoms with Gasteiger partial charge in [0.25, 0.3) is 5.91 Å². The van der Waals surface area contributed by atoms with Gasteiger partial charge in [-0.1, -0.05) is 0 Å². The lowest BCUT2D eigenvalue weighted by Crippen LogP contribution is -2.28. The molecule has 1 saturated heterocycles.